The SMILES string of the molecule is COc1cccc(N2CC3(CCN(C(=O)CC4CC4)C3)CC2=O)c1. The number of rotatable bonds is 4. The largest absolute Gasteiger partial charge is 0.497 e. The molecule has 3 fully saturated rings. The van der Waals surface area contributed by atoms with Crippen molar-refractivity contribution < 1.29 is 14.3 Å². The molecular weight excluding hydrogens is 304 g/mol. The third kappa shape index (κ3) is 2.87. The van der Waals surface area contributed by atoms with Gasteiger partial charge in [-0.25, -0.2) is 0 Å². The van der Waals surface area contributed by atoms with E-state index in [0.717, 1.165) is 30.9 Å². The summed E-state index contributed by atoms with van der Waals surface area (Å²) in [5, 5.41) is 0. The van der Waals surface area contributed by atoms with Crippen LogP contribution in [-0.4, -0.2) is 43.5 Å². The van der Waals surface area contributed by atoms with Gasteiger partial charge in [0.15, 0.2) is 0 Å². The van der Waals surface area contributed by atoms with Crippen LogP contribution in [-0.2, 0) is 9.59 Å². The molecule has 5 nitrogen and oxygen atoms in total. The topological polar surface area (TPSA) is 49.9 Å². The Morgan fingerprint density at radius 2 is 2.17 bits per heavy atom. The molecule has 1 saturated carbocycles. The predicted molar refractivity (Wildman–Crippen MR) is 90.9 cm³/mol. The van der Waals surface area contributed by atoms with Crippen molar-refractivity contribution in [3.8, 4) is 5.75 Å². The minimum atomic E-state index is -0.0701. The first-order valence-electron chi connectivity index (χ1n) is 8.81. The third-order valence-electron chi connectivity index (χ3n) is 5.64. The first-order valence-corrected chi connectivity index (χ1v) is 8.81. The Balaban J connectivity index is 1.46. The summed E-state index contributed by atoms with van der Waals surface area (Å²) in [7, 11) is 1.63. The van der Waals surface area contributed by atoms with Gasteiger partial charge >= 0.3 is 0 Å². The van der Waals surface area contributed by atoms with Gasteiger partial charge in [0.1, 0.15) is 5.75 Å². The molecule has 1 aromatic carbocycles. The molecule has 1 atom stereocenters. The lowest BCUT2D eigenvalue weighted by Crippen LogP contribution is -2.34. The van der Waals surface area contributed by atoms with Crippen LogP contribution in [0.4, 0.5) is 5.69 Å². The number of methoxy groups -OCH3 is 1. The Bertz CT molecular complexity index is 670. The molecule has 24 heavy (non-hydrogen) atoms. The number of benzene rings is 1. The highest BCUT2D eigenvalue weighted by atomic mass is 16.5. The van der Waals surface area contributed by atoms with Gasteiger partial charge in [-0.1, -0.05) is 6.07 Å². The molecule has 3 aliphatic rings. The molecule has 2 saturated heterocycles. The number of amides is 2. The molecule has 0 aromatic heterocycles. The third-order valence-corrected chi connectivity index (χ3v) is 5.64. The molecule has 5 heteroatoms. The van der Waals surface area contributed by atoms with Gasteiger partial charge in [0, 0.05) is 49.6 Å². The van der Waals surface area contributed by atoms with Crippen molar-refractivity contribution in [3.63, 3.8) is 0 Å². The summed E-state index contributed by atoms with van der Waals surface area (Å²) < 4.78 is 5.27. The number of nitrogens with zero attached hydrogens (tertiary/aromatic N) is 2. The number of anilines is 1. The van der Waals surface area contributed by atoms with Crippen molar-refractivity contribution in [2.75, 3.05) is 31.6 Å². The van der Waals surface area contributed by atoms with Crippen molar-refractivity contribution in [2.45, 2.75) is 32.1 Å². The fraction of sp³-hybridized carbons (Fsp3) is 0.579. The minimum Gasteiger partial charge on any atom is -0.497 e. The Kier molecular flexibility index (Phi) is 3.74. The van der Waals surface area contributed by atoms with Crippen LogP contribution < -0.4 is 9.64 Å². The first-order chi connectivity index (χ1) is 11.6. The first kappa shape index (κ1) is 15.5. The molecule has 1 unspecified atom stereocenters. The molecule has 0 N–H and O–H groups in total. The maximum atomic E-state index is 12.6. The van der Waals surface area contributed by atoms with E-state index in [4.69, 9.17) is 4.74 Å². The maximum Gasteiger partial charge on any atom is 0.227 e. The number of hydrogen-bond donors (Lipinski definition) is 0. The normalized spacial score (nSPS) is 26.5. The monoisotopic (exact) mass is 328 g/mol. The van der Waals surface area contributed by atoms with Crippen LogP contribution in [0, 0.1) is 11.3 Å². The summed E-state index contributed by atoms with van der Waals surface area (Å²) in [4.78, 5) is 28.8. The maximum absolute atomic E-state index is 12.6. The molecule has 2 heterocycles. The Hall–Kier alpha value is -2.04. The number of likely N-dealkylation sites (tertiary alicyclic amines) is 1. The van der Waals surface area contributed by atoms with E-state index >= 15 is 0 Å². The van der Waals surface area contributed by atoms with E-state index in [1.165, 1.54) is 12.8 Å². The zero-order valence-electron chi connectivity index (χ0n) is 14.2. The van der Waals surface area contributed by atoms with Crippen LogP contribution in [0.1, 0.15) is 32.1 Å². The fourth-order valence-electron chi connectivity index (χ4n) is 4.03. The molecule has 128 valence electrons. The van der Waals surface area contributed by atoms with Crippen molar-refractivity contribution >= 4 is 17.5 Å². The van der Waals surface area contributed by atoms with E-state index in [1.54, 1.807) is 7.11 Å². The van der Waals surface area contributed by atoms with Crippen molar-refractivity contribution in [1.29, 1.82) is 0 Å². The van der Waals surface area contributed by atoms with E-state index in [-0.39, 0.29) is 17.2 Å². The molecule has 2 amide bonds. The van der Waals surface area contributed by atoms with Gasteiger partial charge in [-0.05, 0) is 37.3 Å². The fourth-order valence-corrected chi connectivity index (χ4v) is 4.03. The van der Waals surface area contributed by atoms with Crippen molar-refractivity contribution in [3.05, 3.63) is 24.3 Å². The zero-order valence-corrected chi connectivity index (χ0v) is 14.2. The quantitative estimate of drug-likeness (QED) is 0.853. The van der Waals surface area contributed by atoms with E-state index < -0.39 is 0 Å². The highest BCUT2D eigenvalue weighted by Gasteiger charge is 2.49. The average Bonchev–Trinajstić information content (AvgIpc) is 3.21. The molecule has 0 bridgehead atoms. The van der Waals surface area contributed by atoms with Crippen LogP contribution in [0.5, 0.6) is 5.75 Å². The molecule has 1 aliphatic carbocycles. The summed E-state index contributed by atoms with van der Waals surface area (Å²) in [5.41, 5.74) is 0.818. The molecule has 4 rings (SSSR count). The van der Waals surface area contributed by atoms with Crippen LogP contribution in [0.15, 0.2) is 24.3 Å². The van der Waals surface area contributed by atoms with Crippen molar-refractivity contribution in [2.24, 2.45) is 11.3 Å². The smallest absolute Gasteiger partial charge is 0.227 e. The second-order valence-electron chi connectivity index (χ2n) is 7.57. The Labute approximate surface area is 142 Å². The van der Waals surface area contributed by atoms with Gasteiger partial charge in [-0.15, -0.1) is 0 Å². The standard InChI is InChI=1S/C19H24N2O3/c1-24-16-4-2-3-15(10-16)21-13-19(11-18(21)23)7-8-20(12-19)17(22)9-14-5-6-14/h2-4,10,14H,5-9,11-13H2,1H3. The Morgan fingerprint density at radius 1 is 1.33 bits per heavy atom. The average molecular weight is 328 g/mol. The van der Waals surface area contributed by atoms with Gasteiger partial charge in [0.05, 0.1) is 7.11 Å². The lowest BCUT2D eigenvalue weighted by Gasteiger charge is -2.24. The molecule has 0 radical (unpaired) electrons. The molecule has 1 aromatic rings. The van der Waals surface area contributed by atoms with Gasteiger partial charge < -0.3 is 14.5 Å². The summed E-state index contributed by atoms with van der Waals surface area (Å²) in [6, 6.07) is 7.65. The van der Waals surface area contributed by atoms with Gasteiger partial charge in [-0.3, -0.25) is 9.59 Å². The van der Waals surface area contributed by atoms with Gasteiger partial charge in [0.25, 0.3) is 0 Å². The second-order valence-corrected chi connectivity index (χ2v) is 7.57. The van der Waals surface area contributed by atoms with Crippen LogP contribution in [0.3, 0.4) is 0 Å². The number of carbonyl (C=O) groups is 2. The summed E-state index contributed by atoms with van der Waals surface area (Å²) >= 11 is 0. The van der Waals surface area contributed by atoms with E-state index in [1.807, 2.05) is 34.1 Å². The van der Waals surface area contributed by atoms with Crippen molar-refractivity contribution in [1.82, 2.24) is 4.90 Å². The summed E-state index contributed by atoms with van der Waals surface area (Å²) in [6.45, 7) is 2.22. The molecular formula is C19H24N2O3. The lowest BCUT2D eigenvalue weighted by atomic mass is 9.86. The van der Waals surface area contributed by atoms with Crippen LogP contribution in [0.25, 0.3) is 0 Å². The Morgan fingerprint density at radius 3 is 2.92 bits per heavy atom. The highest BCUT2D eigenvalue weighted by Crippen LogP contribution is 2.43. The van der Waals surface area contributed by atoms with E-state index in [2.05, 4.69) is 0 Å². The summed E-state index contributed by atoms with van der Waals surface area (Å²) in [5.74, 6) is 1.81. The van der Waals surface area contributed by atoms with Gasteiger partial charge in [-0.2, -0.15) is 0 Å². The predicted octanol–water partition coefficient (Wildman–Crippen LogP) is 2.45. The molecule has 1 spiro atoms. The number of carbonyl (C=O) groups excluding carboxylic acids is 2. The van der Waals surface area contributed by atoms with Crippen LogP contribution >= 0.6 is 0 Å². The van der Waals surface area contributed by atoms with Crippen LogP contribution in [0.2, 0.25) is 0 Å². The van der Waals surface area contributed by atoms with E-state index in [0.29, 0.717) is 25.3 Å². The highest BCUT2D eigenvalue weighted by molar-refractivity contribution is 5.96. The number of hydrogen-bond acceptors (Lipinski definition) is 3. The van der Waals surface area contributed by atoms with Gasteiger partial charge in [0.2, 0.25) is 11.8 Å². The summed E-state index contributed by atoms with van der Waals surface area (Å²) in [6.07, 6.45) is 4.57. The molecule has 2 aliphatic heterocycles. The lowest BCUT2D eigenvalue weighted by molar-refractivity contribution is -0.131. The number of ether oxygens (including phenoxy) is 1. The zero-order chi connectivity index (χ0) is 16.7. The second kappa shape index (κ2) is 5.80. The minimum absolute atomic E-state index is 0.0701. The van der Waals surface area contributed by atoms with E-state index in [9.17, 15) is 9.59 Å².